The van der Waals surface area contributed by atoms with E-state index < -0.39 is 0 Å². The van der Waals surface area contributed by atoms with Gasteiger partial charge >= 0.3 is 0 Å². The highest BCUT2D eigenvalue weighted by atomic mass is 14.8. The molecule has 5 rings (SSSR count). The molecule has 0 saturated heterocycles. The van der Waals surface area contributed by atoms with Gasteiger partial charge in [-0.1, -0.05) is 24.3 Å². The lowest BCUT2D eigenvalue weighted by atomic mass is 9.86. The van der Waals surface area contributed by atoms with Gasteiger partial charge in [0.25, 0.3) is 0 Å². The molecule has 10 heavy (non-hydrogen) atoms. The number of rotatable bonds is 0. The zero-order chi connectivity index (χ0) is 6.29. The average Bonchev–Trinajstić information content (AvgIpc) is 2.79. The van der Waals surface area contributed by atoms with Crippen LogP contribution in [0.2, 0.25) is 0 Å². The molecule has 0 aromatic carbocycles. The third-order valence-electron chi connectivity index (χ3n) is 3.50. The maximum absolute atomic E-state index is 2.48. The van der Waals surface area contributed by atoms with E-state index >= 15 is 0 Å². The van der Waals surface area contributed by atoms with Crippen LogP contribution in [0.15, 0.2) is 35.5 Å². The Morgan fingerprint density at radius 1 is 1.20 bits per heavy atom. The molecule has 2 saturated carbocycles. The zero-order valence-corrected chi connectivity index (χ0v) is 5.62. The van der Waals surface area contributed by atoms with Gasteiger partial charge in [0.1, 0.15) is 0 Å². The van der Waals surface area contributed by atoms with E-state index in [-0.39, 0.29) is 0 Å². The molecule has 0 amide bonds. The molecule has 48 valence electrons. The van der Waals surface area contributed by atoms with E-state index in [1.807, 2.05) is 0 Å². The summed E-state index contributed by atoms with van der Waals surface area (Å²) in [5.74, 6) is 4.24. The van der Waals surface area contributed by atoms with Gasteiger partial charge in [0.05, 0.1) is 0 Å². The molecule has 2 fully saturated rings. The highest BCUT2D eigenvalue weighted by Crippen LogP contribution is 2.79. The second-order valence-corrected chi connectivity index (χ2v) is 3.86. The number of hydrogen-bond donors (Lipinski definition) is 0. The van der Waals surface area contributed by atoms with Crippen LogP contribution in [0.4, 0.5) is 0 Å². The summed E-state index contributed by atoms with van der Waals surface area (Å²) in [5, 5.41) is 0. The molecular formula is C10H8. The van der Waals surface area contributed by atoms with E-state index in [0.717, 1.165) is 23.7 Å². The molecule has 2 unspecified atom stereocenters. The second kappa shape index (κ2) is 0.952. The zero-order valence-electron chi connectivity index (χ0n) is 5.62. The highest BCUT2D eigenvalue weighted by molar-refractivity contribution is 5.60. The number of hydrogen-bond acceptors (Lipinski definition) is 0. The van der Waals surface area contributed by atoms with Crippen molar-refractivity contribution < 1.29 is 0 Å². The van der Waals surface area contributed by atoms with Gasteiger partial charge in [0.2, 0.25) is 0 Å². The van der Waals surface area contributed by atoms with Crippen LogP contribution in [0.5, 0.6) is 0 Å². The molecule has 0 radical (unpaired) electrons. The predicted molar refractivity (Wildman–Crippen MR) is 39.3 cm³/mol. The van der Waals surface area contributed by atoms with Crippen LogP contribution < -0.4 is 0 Å². The summed E-state index contributed by atoms with van der Waals surface area (Å²) in [4.78, 5) is 0. The van der Waals surface area contributed by atoms with Gasteiger partial charge in [-0.05, 0) is 34.8 Å². The summed E-state index contributed by atoms with van der Waals surface area (Å²) in [7, 11) is 0. The molecule has 0 aliphatic heterocycles. The fourth-order valence-electron chi connectivity index (χ4n) is 2.82. The van der Waals surface area contributed by atoms with Gasteiger partial charge in [-0.2, -0.15) is 0 Å². The molecule has 2 bridgehead atoms. The summed E-state index contributed by atoms with van der Waals surface area (Å²) in [5.41, 5.74) is 3.19. The van der Waals surface area contributed by atoms with Crippen molar-refractivity contribution in [3.63, 3.8) is 0 Å². The Bertz CT molecular complexity index is 307. The Morgan fingerprint density at radius 3 is 3.00 bits per heavy atom. The van der Waals surface area contributed by atoms with E-state index in [0.29, 0.717) is 0 Å². The van der Waals surface area contributed by atoms with Gasteiger partial charge < -0.3 is 0 Å². The summed E-state index contributed by atoms with van der Waals surface area (Å²) < 4.78 is 0. The van der Waals surface area contributed by atoms with Crippen LogP contribution >= 0.6 is 0 Å². The Morgan fingerprint density at radius 2 is 2.10 bits per heavy atom. The maximum Gasteiger partial charge on any atom is -0.00818 e. The highest BCUT2D eigenvalue weighted by Gasteiger charge is 2.75. The van der Waals surface area contributed by atoms with Crippen molar-refractivity contribution in [3.05, 3.63) is 35.5 Å². The van der Waals surface area contributed by atoms with Crippen LogP contribution in [-0.4, -0.2) is 0 Å². The third kappa shape index (κ3) is 0.253. The monoisotopic (exact) mass is 128 g/mol. The molecule has 0 aromatic heterocycles. The van der Waals surface area contributed by atoms with Crippen LogP contribution in [-0.2, 0) is 0 Å². The van der Waals surface area contributed by atoms with Gasteiger partial charge in [0, 0.05) is 0 Å². The quantitative estimate of drug-likeness (QED) is 0.467. The summed E-state index contributed by atoms with van der Waals surface area (Å²) in [6.07, 6.45) is 9.23. The molecule has 2 atom stereocenters. The third-order valence-corrected chi connectivity index (χ3v) is 3.50. The fraction of sp³-hybridized carbons (Fsp3) is 0.400. The normalized spacial score (nSPS) is 56.8. The van der Waals surface area contributed by atoms with Crippen molar-refractivity contribution in [2.45, 2.75) is 0 Å². The molecule has 5 aliphatic rings. The number of allylic oxidation sites excluding steroid dienone is 6. The van der Waals surface area contributed by atoms with Crippen LogP contribution in [0.3, 0.4) is 0 Å². The molecule has 0 N–H and O–H groups in total. The van der Waals surface area contributed by atoms with Gasteiger partial charge in [-0.3, -0.25) is 0 Å². The Labute approximate surface area is 59.9 Å². The molecule has 0 aromatic rings. The van der Waals surface area contributed by atoms with Crippen molar-refractivity contribution >= 4 is 0 Å². The Hall–Kier alpha value is -0.780. The van der Waals surface area contributed by atoms with Crippen molar-refractivity contribution in [2.24, 2.45) is 23.7 Å². The molecule has 0 nitrogen and oxygen atoms in total. The SMILES string of the molecule is C1=CC2=CC3C4C(C2=C1)C34. The van der Waals surface area contributed by atoms with E-state index in [9.17, 15) is 0 Å². The molecule has 0 heterocycles. The molecule has 0 heteroatoms. The minimum absolute atomic E-state index is 1.01. The maximum atomic E-state index is 2.48. The Balaban J connectivity index is 2.03. The lowest BCUT2D eigenvalue weighted by molar-refractivity contribution is 0.587. The van der Waals surface area contributed by atoms with Crippen LogP contribution in [0.25, 0.3) is 0 Å². The van der Waals surface area contributed by atoms with Crippen LogP contribution in [0, 0.1) is 23.7 Å². The van der Waals surface area contributed by atoms with Gasteiger partial charge in [-0.15, -0.1) is 0 Å². The van der Waals surface area contributed by atoms with E-state index in [1.54, 1.807) is 11.1 Å². The van der Waals surface area contributed by atoms with Crippen molar-refractivity contribution in [1.29, 1.82) is 0 Å². The standard InChI is InChI=1S/C10H8/c1-2-5-4-7-9-8(10(7)9)6(5)3-1/h1-4,7-10H. The lowest BCUT2D eigenvalue weighted by Crippen LogP contribution is -2.08. The van der Waals surface area contributed by atoms with E-state index in [2.05, 4.69) is 24.3 Å². The van der Waals surface area contributed by atoms with Gasteiger partial charge in [0.15, 0.2) is 0 Å². The minimum atomic E-state index is 1.01. The van der Waals surface area contributed by atoms with E-state index in [4.69, 9.17) is 0 Å². The first-order chi connectivity index (χ1) is 4.97. The van der Waals surface area contributed by atoms with Crippen molar-refractivity contribution in [1.82, 2.24) is 0 Å². The summed E-state index contributed by atoms with van der Waals surface area (Å²) >= 11 is 0. The smallest absolute Gasteiger partial charge is 0.00818 e. The molecule has 5 aliphatic carbocycles. The largest absolute Gasteiger partial charge is 0.0732 e. The minimum Gasteiger partial charge on any atom is -0.0732 e. The molecular weight excluding hydrogens is 120 g/mol. The first-order valence-corrected chi connectivity index (χ1v) is 4.07. The fourth-order valence-corrected chi connectivity index (χ4v) is 2.82. The first-order valence-electron chi connectivity index (χ1n) is 4.07. The lowest BCUT2D eigenvalue weighted by Gasteiger charge is -2.18. The predicted octanol–water partition coefficient (Wildman–Crippen LogP) is 1.91. The van der Waals surface area contributed by atoms with E-state index in [1.165, 1.54) is 0 Å². The summed E-state index contributed by atoms with van der Waals surface area (Å²) in [6, 6.07) is 0. The molecule has 0 spiro atoms. The average molecular weight is 128 g/mol. The second-order valence-electron chi connectivity index (χ2n) is 3.86. The Kier molecular flexibility index (Phi) is 0.397. The van der Waals surface area contributed by atoms with Crippen LogP contribution in [0.1, 0.15) is 0 Å². The topological polar surface area (TPSA) is 0 Å². The van der Waals surface area contributed by atoms with Crippen molar-refractivity contribution in [3.8, 4) is 0 Å². The van der Waals surface area contributed by atoms with Crippen molar-refractivity contribution in [2.75, 3.05) is 0 Å². The summed E-state index contributed by atoms with van der Waals surface area (Å²) in [6.45, 7) is 0. The van der Waals surface area contributed by atoms with Gasteiger partial charge in [-0.25, -0.2) is 0 Å². The first kappa shape index (κ1) is 4.17.